The van der Waals surface area contributed by atoms with Gasteiger partial charge in [0.25, 0.3) is 0 Å². The molecule has 4 aromatic carbocycles. The first-order valence-corrected chi connectivity index (χ1v) is 34.2. The van der Waals surface area contributed by atoms with Crippen LogP contribution >= 0.6 is 0 Å². The lowest BCUT2D eigenvalue weighted by atomic mass is 9.76. The molecule has 8 fully saturated rings. The summed E-state index contributed by atoms with van der Waals surface area (Å²) >= 11 is 0. The number of fused-ring (bicyclic) bond motifs is 15. The van der Waals surface area contributed by atoms with E-state index in [1.54, 1.807) is 0 Å². The Balaban J connectivity index is 0.000000147. The second kappa shape index (κ2) is 25.5. The molecular formula is C78H96N10O3. The number of aromatic amines is 2. The first-order chi connectivity index (χ1) is 43.8. The molecule has 2 aliphatic carbocycles. The second-order valence-electron chi connectivity index (χ2n) is 29.4. The first kappa shape index (κ1) is 62.2. The summed E-state index contributed by atoms with van der Waals surface area (Å²) < 4.78 is 0. The molecule has 0 radical (unpaired) electrons. The minimum atomic E-state index is -0.632. The van der Waals surface area contributed by atoms with E-state index in [2.05, 4.69) is 200 Å². The number of amides is 4. The number of benzene rings is 4. The zero-order valence-electron chi connectivity index (χ0n) is 55.3. The van der Waals surface area contributed by atoms with Gasteiger partial charge in [-0.25, -0.2) is 4.79 Å². The highest BCUT2D eigenvalue weighted by molar-refractivity contribution is 5.96. The van der Waals surface area contributed by atoms with Crippen LogP contribution in [0, 0.1) is 32.6 Å². The summed E-state index contributed by atoms with van der Waals surface area (Å²) in [7, 11) is 0. The number of nitrogens with one attached hydrogen (secondary N) is 4. The number of pyridine rings is 2. The molecule has 9 aliphatic rings. The van der Waals surface area contributed by atoms with Gasteiger partial charge in [0.2, 0.25) is 11.8 Å². The Kier molecular flexibility index (Phi) is 17.4. The number of aryl methyl sites for hydroxylation is 3. The third-order valence-electron chi connectivity index (χ3n) is 22.3. The van der Waals surface area contributed by atoms with Gasteiger partial charge in [-0.2, -0.15) is 0 Å². The van der Waals surface area contributed by atoms with Crippen LogP contribution in [0.5, 0.6) is 0 Å². The zero-order chi connectivity index (χ0) is 63.5. The molecule has 3 unspecified atom stereocenters. The highest BCUT2D eigenvalue weighted by Gasteiger charge is 2.45. The third-order valence-corrected chi connectivity index (χ3v) is 22.3. The van der Waals surface area contributed by atoms with Gasteiger partial charge in [-0.05, 0) is 272 Å². The third kappa shape index (κ3) is 12.3. The van der Waals surface area contributed by atoms with Crippen LogP contribution in [-0.4, -0.2) is 110 Å². The van der Waals surface area contributed by atoms with Gasteiger partial charge >= 0.3 is 6.03 Å². The zero-order valence-corrected chi connectivity index (χ0v) is 55.3. The van der Waals surface area contributed by atoms with E-state index in [1.807, 2.05) is 29.7 Å². The Morgan fingerprint density at radius 3 is 1.64 bits per heavy atom. The minimum Gasteiger partial charge on any atom is -0.354 e. The van der Waals surface area contributed by atoms with Crippen LogP contribution < -0.4 is 16.4 Å². The van der Waals surface area contributed by atoms with E-state index < -0.39 is 10.8 Å². The van der Waals surface area contributed by atoms with Gasteiger partial charge in [-0.15, -0.1) is 0 Å². The quantitative estimate of drug-likeness (QED) is 0.0958. The molecule has 6 N–H and O–H groups in total. The Labute approximate surface area is 539 Å². The lowest BCUT2D eigenvalue weighted by Gasteiger charge is -2.47. The molecule has 4 amide bonds. The Morgan fingerprint density at radius 2 is 1.11 bits per heavy atom. The molecule has 476 valence electrons. The summed E-state index contributed by atoms with van der Waals surface area (Å²) in [6.45, 7) is 25.1. The summed E-state index contributed by atoms with van der Waals surface area (Å²) in [5.41, 5.74) is 23.9. The summed E-state index contributed by atoms with van der Waals surface area (Å²) in [5.74, 6) is 3.11. The molecule has 8 aromatic rings. The van der Waals surface area contributed by atoms with Gasteiger partial charge in [0.1, 0.15) is 0 Å². The fourth-order valence-corrected chi connectivity index (χ4v) is 16.9. The fourth-order valence-electron chi connectivity index (χ4n) is 16.9. The van der Waals surface area contributed by atoms with Gasteiger partial charge < -0.3 is 41.0 Å². The van der Waals surface area contributed by atoms with E-state index in [0.717, 1.165) is 95.9 Å². The number of rotatable bonds is 9. The molecule has 17 rings (SSSR count). The van der Waals surface area contributed by atoms with Crippen LogP contribution in [0.2, 0.25) is 0 Å². The normalized spacial score (nSPS) is 24.0. The number of urea groups is 1. The Hall–Kier alpha value is -7.61. The van der Waals surface area contributed by atoms with Crippen LogP contribution in [0.25, 0.3) is 44.3 Å². The SMILES string of the molecule is Cc1cc(C)cc(-c2[nH]c3ccc(C(C)(C)C(=O)N4CC5CCC4CC5)cc3c2[C@H](C)CN)c1.Cc1cc2cc(c1)C1CC(c3ccncc3)CN1C(=O)NC[C@@H](C)c1c-2[nH]c2ccc(C(C)(C)C(=O)N3CC4CCC3CC4)cc12.c1cc(C2CCNC2)ccn1. The largest absolute Gasteiger partial charge is 0.354 e. The van der Waals surface area contributed by atoms with Crippen LogP contribution in [0.4, 0.5) is 4.79 Å². The number of carbonyl (C=O) groups excluding carboxylic acids is 3. The van der Waals surface area contributed by atoms with Crippen LogP contribution in [0.1, 0.15) is 191 Å². The number of piperidine rings is 4. The molecule has 0 spiro atoms. The maximum atomic E-state index is 14.1. The highest BCUT2D eigenvalue weighted by atomic mass is 16.2. The van der Waals surface area contributed by atoms with Gasteiger partial charge in [-0.1, -0.05) is 54.8 Å². The van der Waals surface area contributed by atoms with E-state index in [-0.39, 0.29) is 41.6 Å². The van der Waals surface area contributed by atoms with Crippen molar-refractivity contribution < 1.29 is 14.4 Å². The number of nitrogens with zero attached hydrogens (tertiary/aromatic N) is 5. The predicted molar refractivity (Wildman–Crippen MR) is 367 cm³/mol. The van der Waals surface area contributed by atoms with Gasteiger partial charge in [0, 0.05) is 103 Å². The van der Waals surface area contributed by atoms with Crippen molar-refractivity contribution in [2.24, 2.45) is 17.6 Å². The van der Waals surface area contributed by atoms with E-state index in [1.165, 1.54) is 100 Å². The standard InChI is InChI=1S/C39H45N5O2.C30H39N3O.C9H12N2/c1-23-15-27-17-28(16-23)36-35(24(2)20-41-38(46)44-22-29(18-34(27)44)26-11-13-40-14-12-26)32-19-30(7-10-33(32)42-36)39(3,4)37(45)43-21-25-5-8-31(43)9-6-25;1-18-12-19(2)14-22(13-18)28-27(20(3)16-31)25-15-23(8-11-26(25)32-28)30(4,5)29(34)33-17-21-6-9-24(33)10-7-21;1-4-10-5-2-8(1)9-3-6-11-7-9/h7,10-17,19,24-25,29,31,34,42H,5-6,8-9,18,20-22H2,1-4H3,(H,41,46);8,11-15,20-21,24,32H,6-7,9-10,16-17,31H2,1-5H3;1-2,4-5,9,11H,3,6-7H2/t24-,25?,29?,31?,34?;20-,21?,24?;/m11./s1. The van der Waals surface area contributed by atoms with Crippen molar-refractivity contribution in [1.82, 2.24) is 45.3 Å². The van der Waals surface area contributed by atoms with Crippen molar-refractivity contribution in [3.63, 3.8) is 0 Å². The summed E-state index contributed by atoms with van der Waals surface area (Å²) in [6, 6.07) is 35.7. The number of nitrogens with two attached hydrogens (primary N) is 1. The molecule has 13 nitrogen and oxygen atoms in total. The number of aromatic nitrogens is 4. The number of hydrogen-bond donors (Lipinski definition) is 5. The van der Waals surface area contributed by atoms with Crippen molar-refractivity contribution in [2.75, 3.05) is 45.8 Å². The molecule has 5 atom stereocenters. The molecule has 91 heavy (non-hydrogen) atoms. The first-order valence-electron chi connectivity index (χ1n) is 34.2. The van der Waals surface area contributed by atoms with Crippen molar-refractivity contribution in [3.05, 3.63) is 177 Å². The minimum absolute atomic E-state index is 0.0111. The van der Waals surface area contributed by atoms with Crippen molar-refractivity contribution >= 4 is 39.7 Å². The topological polar surface area (TPSA) is 168 Å². The number of H-pyrrole nitrogens is 2. The average Bonchev–Trinajstić information content (AvgIpc) is 1.71. The van der Waals surface area contributed by atoms with E-state index >= 15 is 0 Å². The van der Waals surface area contributed by atoms with E-state index in [4.69, 9.17) is 5.73 Å². The monoisotopic (exact) mass is 1220 g/mol. The second-order valence-corrected chi connectivity index (χ2v) is 29.4. The molecule has 7 aliphatic heterocycles. The lowest BCUT2D eigenvalue weighted by molar-refractivity contribution is -0.144. The Bertz CT molecular complexity index is 3940. The molecule has 13 heteroatoms. The van der Waals surface area contributed by atoms with Gasteiger partial charge in [0.15, 0.2) is 0 Å². The summed E-state index contributed by atoms with van der Waals surface area (Å²) in [6.07, 6.45) is 19.3. The molecule has 6 saturated heterocycles. The van der Waals surface area contributed by atoms with Crippen LogP contribution in [0.15, 0.2) is 122 Å². The van der Waals surface area contributed by atoms with Crippen molar-refractivity contribution in [2.45, 2.75) is 179 Å². The number of carbonyl (C=O) groups is 3. The Morgan fingerprint density at radius 1 is 0.593 bits per heavy atom. The van der Waals surface area contributed by atoms with E-state index in [0.29, 0.717) is 43.6 Å². The van der Waals surface area contributed by atoms with E-state index in [9.17, 15) is 14.4 Å². The number of hydrogen-bond acceptors (Lipinski definition) is 7. The van der Waals surface area contributed by atoms with Crippen LogP contribution in [0.3, 0.4) is 0 Å². The molecule has 2 saturated carbocycles. The van der Waals surface area contributed by atoms with Gasteiger partial charge in [-0.3, -0.25) is 19.6 Å². The maximum absolute atomic E-state index is 14.1. The highest BCUT2D eigenvalue weighted by Crippen LogP contribution is 2.47. The molecule has 6 bridgehead atoms. The summed E-state index contributed by atoms with van der Waals surface area (Å²) in [4.78, 5) is 63.9. The average molecular weight is 1220 g/mol. The fraction of sp³-hybridized carbons (Fsp3) is 0.474. The molecule has 11 heterocycles. The van der Waals surface area contributed by atoms with Crippen molar-refractivity contribution in [3.8, 4) is 22.5 Å². The van der Waals surface area contributed by atoms with Gasteiger partial charge in [0.05, 0.1) is 28.3 Å². The predicted octanol–water partition coefficient (Wildman–Crippen LogP) is 14.9. The summed E-state index contributed by atoms with van der Waals surface area (Å²) in [5, 5.41) is 8.99. The van der Waals surface area contributed by atoms with Crippen molar-refractivity contribution in [1.29, 1.82) is 0 Å². The lowest BCUT2D eigenvalue weighted by Crippen LogP contribution is -2.55. The molecular weight excluding hydrogens is 1120 g/mol. The maximum Gasteiger partial charge on any atom is 0.317 e. The van der Waals surface area contributed by atoms with Crippen LogP contribution in [-0.2, 0) is 20.4 Å². The smallest absolute Gasteiger partial charge is 0.317 e. The molecule has 4 aromatic heterocycles.